The van der Waals surface area contributed by atoms with Crippen LogP contribution in [0.25, 0.3) is 10.9 Å². The standard InChI is InChI=1S/C19H17FN2O2/c1-23-14-4-5-16-12(10-14)2-7-19(21-16)22-17-8-9-24-18-6-3-13(20)11-15(17)18/h2-7,10-11,17H,8-9H2,1H3,(H,21,22). The third-order valence-corrected chi connectivity index (χ3v) is 4.23. The highest BCUT2D eigenvalue weighted by Gasteiger charge is 2.22. The summed E-state index contributed by atoms with van der Waals surface area (Å²) in [5.74, 6) is 2.03. The summed E-state index contributed by atoms with van der Waals surface area (Å²) in [5.41, 5.74) is 1.71. The van der Waals surface area contributed by atoms with Gasteiger partial charge in [0.15, 0.2) is 0 Å². The van der Waals surface area contributed by atoms with Gasteiger partial charge in [0, 0.05) is 17.4 Å². The number of hydrogen-bond donors (Lipinski definition) is 1. The van der Waals surface area contributed by atoms with Gasteiger partial charge in [0.2, 0.25) is 0 Å². The lowest BCUT2D eigenvalue weighted by atomic mass is 10.0. The van der Waals surface area contributed by atoms with Crippen LogP contribution in [0.5, 0.6) is 11.5 Å². The van der Waals surface area contributed by atoms with Crippen molar-refractivity contribution in [2.75, 3.05) is 19.0 Å². The molecular weight excluding hydrogens is 307 g/mol. The fraction of sp³-hybridized carbons (Fsp3) is 0.211. The second kappa shape index (κ2) is 6.00. The van der Waals surface area contributed by atoms with E-state index in [1.807, 2.05) is 30.3 Å². The van der Waals surface area contributed by atoms with Crippen LogP contribution in [0.3, 0.4) is 0 Å². The Morgan fingerprint density at radius 1 is 1.17 bits per heavy atom. The fourth-order valence-corrected chi connectivity index (χ4v) is 3.00. The Morgan fingerprint density at radius 3 is 2.96 bits per heavy atom. The molecule has 0 spiro atoms. The molecular formula is C19H17FN2O2. The molecule has 1 aromatic heterocycles. The van der Waals surface area contributed by atoms with Crippen LogP contribution in [0.4, 0.5) is 10.2 Å². The lowest BCUT2D eigenvalue weighted by Crippen LogP contribution is -2.21. The molecule has 0 radical (unpaired) electrons. The molecule has 2 aromatic carbocycles. The van der Waals surface area contributed by atoms with Gasteiger partial charge in [0.1, 0.15) is 23.1 Å². The molecule has 0 aliphatic carbocycles. The Labute approximate surface area is 139 Å². The summed E-state index contributed by atoms with van der Waals surface area (Å²) in [6, 6.07) is 14.3. The summed E-state index contributed by atoms with van der Waals surface area (Å²) < 4.78 is 24.4. The number of aromatic nitrogens is 1. The summed E-state index contributed by atoms with van der Waals surface area (Å²) in [5, 5.41) is 4.41. The van der Waals surface area contributed by atoms with Crippen molar-refractivity contribution in [2.45, 2.75) is 12.5 Å². The highest BCUT2D eigenvalue weighted by atomic mass is 19.1. The molecule has 1 aliphatic rings. The van der Waals surface area contributed by atoms with E-state index in [0.717, 1.165) is 40.2 Å². The fourth-order valence-electron chi connectivity index (χ4n) is 3.00. The third-order valence-electron chi connectivity index (χ3n) is 4.23. The van der Waals surface area contributed by atoms with Gasteiger partial charge in [-0.1, -0.05) is 0 Å². The van der Waals surface area contributed by atoms with E-state index in [9.17, 15) is 4.39 Å². The van der Waals surface area contributed by atoms with Crippen molar-refractivity contribution in [3.63, 3.8) is 0 Å². The number of nitrogens with one attached hydrogen (secondary N) is 1. The van der Waals surface area contributed by atoms with Crippen LogP contribution in [0.2, 0.25) is 0 Å². The Balaban J connectivity index is 1.64. The summed E-state index contributed by atoms with van der Waals surface area (Å²) >= 11 is 0. The molecule has 0 fully saturated rings. The van der Waals surface area contributed by atoms with Crippen LogP contribution in [-0.4, -0.2) is 18.7 Å². The number of hydrogen-bond acceptors (Lipinski definition) is 4. The van der Waals surface area contributed by atoms with E-state index in [4.69, 9.17) is 9.47 Å². The largest absolute Gasteiger partial charge is 0.497 e. The van der Waals surface area contributed by atoms with Gasteiger partial charge >= 0.3 is 0 Å². The molecule has 4 nitrogen and oxygen atoms in total. The first kappa shape index (κ1) is 14.8. The highest BCUT2D eigenvalue weighted by Crippen LogP contribution is 2.34. The normalized spacial score (nSPS) is 16.3. The van der Waals surface area contributed by atoms with Gasteiger partial charge in [-0.05, 0) is 48.5 Å². The summed E-state index contributed by atoms with van der Waals surface area (Å²) in [6.45, 7) is 0.598. The van der Waals surface area contributed by atoms with Gasteiger partial charge in [0.05, 0.1) is 25.3 Å². The van der Waals surface area contributed by atoms with Crippen molar-refractivity contribution in [1.82, 2.24) is 4.98 Å². The summed E-state index contributed by atoms with van der Waals surface area (Å²) in [7, 11) is 1.65. The van der Waals surface area contributed by atoms with E-state index in [2.05, 4.69) is 10.3 Å². The molecule has 1 aliphatic heterocycles. The van der Waals surface area contributed by atoms with E-state index in [1.165, 1.54) is 12.1 Å². The highest BCUT2D eigenvalue weighted by molar-refractivity contribution is 5.81. The van der Waals surface area contributed by atoms with Crippen LogP contribution in [0.15, 0.2) is 48.5 Å². The molecule has 1 unspecified atom stereocenters. The molecule has 5 heteroatoms. The van der Waals surface area contributed by atoms with Gasteiger partial charge in [-0.25, -0.2) is 9.37 Å². The molecule has 2 heterocycles. The predicted molar refractivity (Wildman–Crippen MR) is 91.2 cm³/mol. The number of methoxy groups -OCH3 is 1. The first-order valence-electron chi connectivity index (χ1n) is 7.86. The molecule has 0 bridgehead atoms. The Kier molecular flexibility index (Phi) is 3.69. The van der Waals surface area contributed by atoms with Crippen molar-refractivity contribution in [3.05, 3.63) is 59.9 Å². The average molecular weight is 324 g/mol. The minimum Gasteiger partial charge on any atom is -0.497 e. The minimum atomic E-state index is -0.260. The van der Waals surface area contributed by atoms with Gasteiger partial charge < -0.3 is 14.8 Å². The third kappa shape index (κ3) is 2.73. The predicted octanol–water partition coefficient (Wildman–Crippen LogP) is 4.32. The molecule has 0 saturated heterocycles. The first-order valence-corrected chi connectivity index (χ1v) is 7.86. The number of ether oxygens (including phenoxy) is 2. The lowest BCUT2D eigenvalue weighted by Gasteiger charge is -2.27. The molecule has 122 valence electrons. The lowest BCUT2D eigenvalue weighted by molar-refractivity contribution is 0.273. The van der Waals surface area contributed by atoms with Gasteiger partial charge in [0.25, 0.3) is 0 Å². The Hall–Kier alpha value is -2.82. The molecule has 1 N–H and O–H groups in total. The summed E-state index contributed by atoms with van der Waals surface area (Å²) in [4.78, 5) is 4.64. The topological polar surface area (TPSA) is 43.4 Å². The number of halogens is 1. The monoisotopic (exact) mass is 324 g/mol. The number of fused-ring (bicyclic) bond motifs is 2. The van der Waals surface area contributed by atoms with Crippen molar-refractivity contribution in [2.24, 2.45) is 0 Å². The van der Waals surface area contributed by atoms with E-state index in [-0.39, 0.29) is 11.9 Å². The maximum atomic E-state index is 13.6. The maximum absolute atomic E-state index is 13.6. The van der Waals surface area contributed by atoms with Crippen LogP contribution >= 0.6 is 0 Å². The van der Waals surface area contributed by atoms with E-state index in [0.29, 0.717) is 6.61 Å². The zero-order valence-electron chi connectivity index (χ0n) is 13.3. The van der Waals surface area contributed by atoms with E-state index < -0.39 is 0 Å². The number of anilines is 1. The summed E-state index contributed by atoms with van der Waals surface area (Å²) in [6.07, 6.45) is 0.763. The van der Waals surface area contributed by atoms with Gasteiger partial charge in [-0.2, -0.15) is 0 Å². The van der Waals surface area contributed by atoms with E-state index in [1.54, 1.807) is 13.2 Å². The smallest absolute Gasteiger partial charge is 0.127 e. The zero-order chi connectivity index (χ0) is 16.5. The van der Waals surface area contributed by atoms with Crippen LogP contribution in [0, 0.1) is 5.82 Å². The Morgan fingerprint density at radius 2 is 2.08 bits per heavy atom. The quantitative estimate of drug-likeness (QED) is 0.779. The molecule has 0 amide bonds. The van der Waals surface area contributed by atoms with Crippen molar-refractivity contribution < 1.29 is 13.9 Å². The minimum absolute atomic E-state index is 0.0207. The van der Waals surface area contributed by atoms with Gasteiger partial charge in [-0.3, -0.25) is 0 Å². The van der Waals surface area contributed by atoms with Crippen molar-refractivity contribution >= 4 is 16.7 Å². The van der Waals surface area contributed by atoms with Crippen LogP contribution in [0.1, 0.15) is 18.0 Å². The van der Waals surface area contributed by atoms with Crippen molar-refractivity contribution in [1.29, 1.82) is 0 Å². The first-order chi connectivity index (χ1) is 11.7. The second-order valence-electron chi connectivity index (χ2n) is 5.77. The number of rotatable bonds is 3. The zero-order valence-corrected chi connectivity index (χ0v) is 13.3. The van der Waals surface area contributed by atoms with E-state index >= 15 is 0 Å². The maximum Gasteiger partial charge on any atom is 0.127 e. The molecule has 24 heavy (non-hydrogen) atoms. The molecule has 4 rings (SSSR count). The second-order valence-corrected chi connectivity index (χ2v) is 5.77. The number of nitrogens with zero attached hydrogens (tertiary/aromatic N) is 1. The Bertz CT molecular complexity index is 898. The van der Waals surface area contributed by atoms with Gasteiger partial charge in [-0.15, -0.1) is 0 Å². The molecule has 0 saturated carbocycles. The molecule has 3 aromatic rings. The number of pyridine rings is 1. The number of benzene rings is 2. The van der Waals surface area contributed by atoms with Crippen LogP contribution < -0.4 is 14.8 Å². The van der Waals surface area contributed by atoms with Crippen molar-refractivity contribution in [3.8, 4) is 11.5 Å². The van der Waals surface area contributed by atoms with Crippen LogP contribution in [-0.2, 0) is 0 Å². The molecule has 1 atom stereocenters. The SMILES string of the molecule is COc1ccc2nc(NC3CCOc4ccc(F)cc43)ccc2c1. The average Bonchev–Trinajstić information content (AvgIpc) is 2.62.